The van der Waals surface area contributed by atoms with Crippen LogP contribution in [0.4, 0.5) is 0 Å². The van der Waals surface area contributed by atoms with Crippen molar-refractivity contribution in [3.8, 4) is 11.3 Å². The predicted octanol–water partition coefficient (Wildman–Crippen LogP) is 1.32. The largest absolute Gasteiger partial charge is 0.443 e. The van der Waals surface area contributed by atoms with Crippen molar-refractivity contribution in [3.63, 3.8) is 0 Å². The van der Waals surface area contributed by atoms with E-state index in [0.29, 0.717) is 11.3 Å². The Morgan fingerprint density at radius 2 is 2.14 bits per heavy atom. The lowest BCUT2D eigenvalue weighted by atomic mass is 10.2. The molecule has 1 atom stereocenters. The van der Waals surface area contributed by atoms with E-state index >= 15 is 0 Å². The molecule has 2 rings (SSSR count). The number of nitrogens with zero attached hydrogens (tertiary/aromatic N) is 2. The fourth-order valence-corrected chi connectivity index (χ4v) is 1.39. The lowest BCUT2D eigenvalue weighted by Crippen LogP contribution is -1.90. The number of rotatable bonds is 2. The van der Waals surface area contributed by atoms with E-state index in [2.05, 4.69) is 9.97 Å². The quantitative estimate of drug-likeness (QED) is 0.756. The van der Waals surface area contributed by atoms with E-state index < -0.39 is 11.1 Å². The van der Waals surface area contributed by atoms with Crippen molar-refractivity contribution in [3.05, 3.63) is 31.1 Å². The first-order valence-electron chi connectivity index (χ1n) is 3.72. The van der Waals surface area contributed by atoms with Gasteiger partial charge in [-0.25, -0.2) is 9.19 Å². The summed E-state index contributed by atoms with van der Waals surface area (Å²) in [6, 6.07) is 1.53. The van der Waals surface area contributed by atoms with Crippen LogP contribution in [0, 0.1) is 0 Å². The summed E-state index contributed by atoms with van der Waals surface area (Å²) >= 11 is -2.03. The van der Waals surface area contributed by atoms with Gasteiger partial charge in [-0.1, -0.05) is 0 Å². The fourth-order valence-electron chi connectivity index (χ4n) is 1.01. The van der Waals surface area contributed by atoms with Crippen LogP contribution in [0.2, 0.25) is 0 Å². The lowest BCUT2D eigenvalue weighted by molar-refractivity contribution is 0.563. The molecule has 1 unspecified atom stereocenters. The average molecular weight is 210 g/mol. The Kier molecular flexibility index (Phi) is 2.38. The zero-order valence-electron chi connectivity index (χ0n) is 6.95. The Balaban J connectivity index is 2.46. The van der Waals surface area contributed by atoms with Gasteiger partial charge in [-0.15, -0.1) is 0 Å². The SMILES string of the molecule is O=S(O)c1cncc(-c2cnco2)c1. The van der Waals surface area contributed by atoms with E-state index in [1.807, 2.05) is 0 Å². The van der Waals surface area contributed by atoms with Crippen molar-refractivity contribution in [2.24, 2.45) is 0 Å². The molecule has 0 aliphatic rings. The normalized spacial score (nSPS) is 12.6. The molecule has 0 bridgehead atoms. The second-order valence-corrected chi connectivity index (χ2v) is 3.49. The van der Waals surface area contributed by atoms with E-state index in [4.69, 9.17) is 8.97 Å². The van der Waals surface area contributed by atoms with Gasteiger partial charge in [0.15, 0.2) is 23.2 Å². The molecule has 0 saturated heterocycles. The molecule has 72 valence electrons. The standard InChI is InChI=1S/C8H6N2O3S/c11-14(12)7-1-6(2-9-3-7)8-4-10-5-13-8/h1-5H,(H,11,12). The highest BCUT2D eigenvalue weighted by Gasteiger charge is 2.05. The third-order valence-corrected chi connectivity index (χ3v) is 2.26. The van der Waals surface area contributed by atoms with Crippen LogP contribution in [-0.4, -0.2) is 18.7 Å². The Hall–Kier alpha value is -1.53. The molecule has 2 aromatic heterocycles. The highest BCUT2D eigenvalue weighted by atomic mass is 32.2. The van der Waals surface area contributed by atoms with Gasteiger partial charge in [0.05, 0.1) is 11.1 Å². The van der Waals surface area contributed by atoms with Crippen LogP contribution in [0.5, 0.6) is 0 Å². The molecule has 0 aliphatic carbocycles. The van der Waals surface area contributed by atoms with Crippen LogP contribution in [0.1, 0.15) is 0 Å². The summed E-state index contributed by atoms with van der Waals surface area (Å²) in [6.07, 6.45) is 5.67. The molecule has 0 aromatic carbocycles. The number of hydrogen-bond donors (Lipinski definition) is 1. The van der Waals surface area contributed by atoms with Gasteiger partial charge in [0, 0.05) is 18.0 Å². The minimum Gasteiger partial charge on any atom is -0.443 e. The van der Waals surface area contributed by atoms with Crippen LogP contribution >= 0.6 is 0 Å². The zero-order valence-corrected chi connectivity index (χ0v) is 7.77. The second kappa shape index (κ2) is 3.69. The second-order valence-electron chi connectivity index (χ2n) is 2.52. The first-order valence-corrected chi connectivity index (χ1v) is 4.83. The number of oxazole rings is 1. The molecular formula is C8H6N2O3S. The molecule has 0 fully saturated rings. The van der Waals surface area contributed by atoms with Gasteiger partial charge < -0.3 is 8.97 Å². The van der Waals surface area contributed by atoms with Gasteiger partial charge >= 0.3 is 0 Å². The van der Waals surface area contributed by atoms with Gasteiger partial charge in [0.2, 0.25) is 0 Å². The first-order chi connectivity index (χ1) is 6.77. The van der Waals surface area contributed by atoms with E-state index in [0.717, 1.165) is 0 Å². The van der Waals surface area contributed by atoms with Crippen molar-refractivity contribution in [1.29, 1.82) is 0 Å². The van der Waals surface area contributed by atoms with Crippen LogP contribution in [-0.2, 0) is 11.1 Å². The van der Waals surface area contributed by atoms with Crippen molar-refractivity contribution in [1.82, 2.24) is 9.97 Å². The number of pyridine rings is 1. The summed E-state index contributed by atoms with van der Waals surface area (Å²) in [5.74, 6) is 0.518. The van der Waals surface area contributed by atoms with Crippen LogP contribution in [0.15, 0.2) is 40.4 Å². The Labute approximate surface area is 82.1 Å². The summed E-state index contributed by atoms with van der Waals surface area (Å²) in [6.45, 7) is 0. The van der Waals surface area contributed by atoms with Crippen molar-refractivity contribution >= 4 is 11.1 Å². The molecule has 0 radical (unpaired) electrons. The van der Waals surface area contributed by atoms with Gasteiger partial charge in [-0.2, -0.15) is 0 Å². The Bertz CT molecular complexity index is 455. The molecule has 2 aromatic rings. The van der Waals surface area contributed by atoms with E-state index in [9.17, 15) is 4.21 Å². The number of aromatic nitrogens is 2. The Morgan fingerprint density at radius 1 is 1.29 bits per heavy atom. The monoisotopic (exact) mass is 210 g/mol. The van der Waals surface area contributed by atoms with E-state index in [1.54, 1.807) is 0 Å². The summed E-state index contributed by atoms with van der Waals surface area (Å²) in [7, 11) is 0. The Morgan fingerprint density at radius 3 is 2.79 bits per heavy atom. The van der Waals surface area contributed by atoms with E-state index in [1.165, 1.54) is 31.1 Å². The smallest absolute Gasteiger partial charge is 0.188 e. The van der Waals surface area contributed by atoms with E-state index in [-0.39, 0.29) is 4.90 Å². The van der Waals surface area contributed by atoms with Crippen molar-refractivity contribution < 1.29 is 13.2 Å². The summed E-state index contributed by atoms with van der Waals surface area (Å²) in [5, 5.41) is 0. The third kappa shape index (κ3) is 1.70. The van der Waals surface area contributed by atoms with Crippen LogP contribution < -0.4 is 0 Å². The van der Waals surface area contributed by atoms with Gasteiger partial charge in [0.25, 0.3) is 0 Å². The van der Waals surface area contributed by atoms with Gasteiger partial charge in [0.1, 0.15) is 0 Å². The number of hydrogen-bond acceptors (Lipinski definition) is 4. The molecule has 1 N–H and O–H groups in total. The zero-order chi connectivity index (χ0) is 9.97. The maximum Gasteiger partial charge on any atom is 0.188 e. The minimum atomic E-state index is -2.03. The molecule has 0 saturated carbocycles. The summed E-state index contributed by atoms with van der Waals surface area (Å²) in [5.41, 5.74) is 0.627. The summed E-state index contributed by atoms with van der Waals surface area (Å²) in [4.78, 5) is 7.80. The van der Waals surface area contributed by atoms with Crippen molar-refractivity contribution in [2.45, 2.75) is 4.90 Å². The highest BCUT2D eigenvalue weighted by Crippen LogP contribution is 2.19. The third-order valence-electron chi connectivity index (χ3n) is 1.63. The average Bonchev–Trinajstić information content (AvgIpc) is 2.71. The molecule has 0 amide bonds. The lowest BCUT2D eigenvalue weighted by Gasteiger charge is -1.97. The van der Waals surface area contributed by atoms with Crippen molar-refractivity contribution in [2.75, 3.05) is 0 Å². The van der Waals surface area contributed by atoms with Crippen LogP contribution in [0.3, 0.4) is 0 Å². The minimum absolute atomic E-state index is 0.235. The first kappa shape index (κ1) is 9.04. The molecule has 6 heteroatoms. The van der Waals surface area contributed by atoms with Gasteiger partial charge in [-0.3, -0.25) is 4.98 Å². The molecule has 0 aliphatic heterocycles. The molecule has 5 nitrogen and oxygen atoms in total. The predicted molar refractivity (Wildman–Crippen MR) is 48.8 cm³/mol. The highest BCUT2D eigenvalue weighted by molar-refractivity contribution is 7.79. The van der Waals surface area contributed by atoms with Crippen LogP contribution in [0.25, 0.3) is 11.3 Å². The molecule has 2 heterocycles. The fraction of sp³-hybridized carbons (Fsp3) is 0. The van der Waals surface area contributed by atoms with Gasteiger partial charge in [-0.05, 0) is 6.07 Å². The summed E-state index contributed by atoms with van der Waals surface area (Å²) < 4.78 is 24.6. The topological polar surface area (TPSA) is 76.2 Å². The molecule has 0 spiro atoms. The maximum atomic E-state index is 10.7. The molecule has 14 heavy (non-hydrogen) atoms. The molecular weight excluding hydrogens is 204 g/mol. The maximum absolute atomic E-state index is 10.7.